The summed E-state index contributed by atoms with van der Waals surface area (Å²) < 4.78 is 1.63. The van der Waals surface area contributed by atoms with Crippen molar-refractivity contribution in [2.45, 2.75) is 0 Å². The molecule has 0 saturated carbocycles. The van der Waals surface area contributed by atoms with Crippen LogP contribution in [0.5, 0.6) is 0 Å². The summed E-state index contributed by atoms with van der Waals surface area (Å²) in [5.41, 5.74) is 4.70. The van der Waals surface area contributed by atoms with Crippen molar-refractivity contribution in [3.63, 3.8) is 0 Å². The third kappa shape index (κ3) is 2.70. The molecule has 0 aliphatic rings. The molecule has 0 bridgehead atoms. The van der Waals surface area contributed by atoms with Crippen LogP contribution in [-0.4, -0.2) is 31.4 Å². The van der Waals surface area contributed by atoms with E-state index < -0.39 is 0 Å². The van der Waals surface area contributed by atoms with Gasteiger partial charge in [0.2, 0.25) is 0 Å². The lowest BCUT2D eigenvalue weighted by Gasteiger charge is -2.07. The molecule has 0 atom stereocenters. The topological polar surface area (TPSA) is 80.9 Å². The highest BCUT2D eigenvalue weighted by molar-refractivity contribution is 5.90. The number of aromatic nitrogens is 5. The molecule has 7 heteroatoms. The van der Waals surface area contributed by atoms with Gasteiger partial charge in [0.05, 0.1) is 11.9 Å². The van der Waals surface area contributed by atoms with Crippen molar-refractivity contribution >= 4 is 22.9 Å². The summed E-state index contributed by atoms with van der Waals surface area (Å²) in [7, 11) is 0. The van der Waals surface area contributed by atoms with Crippen LogP contribution in [0.25, 0.3) is 16.5 Å². The Labute approximate surface area is 137 Å². The monoisotopic (exact) mass is 315 g/mol. The van der Waals surface area contributed by atoms with Crippen LogP contribution >= 0.6 is 0 Å². The van der Waals surface area contributed by atoms with Gasteiger partial charge in [0.1, 0.15) is 0 Å². The van der Waals surface area contributed by atoms with Gasteiger partial charge in [-0.2, -0.15) is 9.78 Å². The van der Waals surface area contributed by atoms with E-state index in [2.05, 4.69) is 43.2 Å². The Bertz CT molecular complexity index is 987. The number of nitrogens with zero attached hydrogens (tertiary/aromatic N) is 6. The maximum atomic E-state index is 4.18. The van der Waals surface area contributed by atoms with Gasteiger partial charge in [-0.3, -0.25) is 4.98 Å². The fraction of sp³-hybridized carbons (Fsp3) is 0. The van der Waals surface area contributed by atoms with E-state index in [1.54, 1.807) is 23.3 Å². The zero-order valence-corrected chi connectivity index (χ0v) is 12.6. The zero-order chi connectivity index (χ0) is 16.2. The maximum Gasteiger partial charge on any atom is 0.268 e. The molecule has 0 spiro atoms. The molecule has 0 unspecified atom stereocenters. The Balaban J connectivity index is 1.66. The fourth-order valence-electron chi connectivity index (χ4n) is 2.43. The van der Waals surface area contributed by atoms with Crippen molar-refractivity contribution in [1.29, 1.82) is 0 Å². The van der Waals surface area contributed by atoms with Crippen LogP contribution in [0.1, 0.15) is 5.56 Å². The zero-order valence-electron chi connectivity index (χ0n) is 12.6. The molecule has 0 aliphatic carbocycles. The number of tetrazole rings is 1. The van der Waals surface area contributed by atoms with Crippen molar-refractivity contribution in [2.24, 2.45) is 5.10 Å². The highest BCUT2D eigenvalue weighted by atomic mass is 15.6. The summed E-state index contributed by atoms with van der Waals surface area (Å²) in [6.45, 7) is 0. The fourth-order valence-corrected chi connectivity index (χ4v) is 2.43. The molecule has 0 saturated heterocycles. The molecule has 0 fully saturated rings. The second-order valence-corrected chi connectivity index (χ2v) is 5.06. The summed E-state index contributed by atoms with van der Waals surface area (Å²) in [6, 6.07) is 17.8. The molecule has 24 heavy (non-hydrogen) atoms. The molecule has 2 aromatic carbocycles. The predicted octanol–water partition coefficient (Wildman–Crippen LogP) is 2.66. The number of hydrogen-bond donors (Lipinski definition) is 1. The van der Waals surface area contributed by atoms with Gasteiger partial charge in [-0.15, -0.1) is 0 Å². The highest BCUT2D eigenvalue weighted by Gasteiger charge is 2.10. The first-order valence-electron chi connectivity index (χ1n) is 7.37. The van der Waals surface area contributed by atoms with Crippen molar-refractivity contribution in [3.8, 4) is 5.69 Å². The minimum atomic E-state index is 0.441. The number of benzene rings is 2. The van der Waals surface area contributed by atoms with Crippen LogP contribution in [0.3, 0.4) is 0 Å². The van der Waals surface area contributed by atoms with Crippen LogP contribution in [0.2, 0.25) is 0 Å². The average molecular weight is 315 g/mol. The minimum absolute atomic E-state index is 0.441. The number of fused-ring (bicyclic) bond motifs is 1. The first-order valence-corrected chi connectivity index (χ1v) is 7.37. The SMILES string of the molecule is C(=N\Nc1nnnn1-c1cccc2ccccc12)/c1ccncc1. The number of nitrogens with one attached hydrogen (secondary N) is 1. The Morgan fingerprint density at radius 1 is 0.958 bits per heavy atom. The van der Waals surface area contributed by atoms with Gasteiger partial charge in [0.15, 0.2) is 0 Å². The van der Waals surface area contributed by atoms with E-state index in [9.17, 15) is 0 Å². The number of hydrazone groups is 1. The molecule has 0 aliphatic heterocycles. The standard InChI is InChI=1S/C17H13N7/c1-2-6-15-14(4-1)5-3-7-16(15)24-17(21-22-23-24)20-19-12-13-8-10-18-11-9-13/h1-12H,(H,20,21,23)/b19-12+. The molecule has 4 aromatic rings. The van der Waals surface area contributed by atoms with Crippen LogP contribution < -0.4 is 5.43 Å². The molecule has 7 nitrogen and oxygen atoms in total. The lowest BCUT2D eigenvalue weighted by molar-refractivity contribution is 0.794. The number of rotatable bonds is 4. The normalized spacial score (nSPS) is 11.2. The molecular weight excluding hydrogens is 302 g/mol. The van der Waals surface area contributed by atoms with E-state index in [-0.39, 0.29) is 0 Å². The van der Waals surface area contributed by atoms with Gasteiger partial charge >= 0.3 is 0 Å². The summed E-state index contributed by atoms with van der Waals surface area (Å²) in [6.07, 6.45) is 5.10. The molecule has 0 radical (unpaired) electrons. The predicted molar refractivity (Wildman–Crippen MR) is 92.1 cm³/mol. The first kappa shape index (κ1) is 14.0. The van der Waals surface area contributed by atoms with E-state index in [1.807, 2.05) is 42.5 Å². The molecular formula is C17H13N7. The van der Waals surface area contributed by atoms with E-state index >= 15 is 0 Å². The molecule has 1 N–H and O–H groups in total. The first-order chi connectivity index (χ1) is 11.9. The lowest BCUT2D eigenvalue weighted by atomic mass is 10.1. The largest absolute Gasteiger partial charge is 0.268 e. The summed E-state index contributed by atoms with van der Waals surface area (Å²) in [4.78, 5) is 3.97. The quantitative estimate of drug-likeness (QED) is 0.462. The van der Waals surface area contributed by atoms with Crippen molar-refractivity contribution < 1.29 is 0 Å². The summed E-state index contributed by atoms with van der Waals surface area (Å²) >= 11 is 0. The van der Waals surface area contributed by atoms with E-state index in [4.69, 9.17) is 0 Å². The van der Waals surface area contributed by atoms with Crippen LogP contribution in [0.4, 0.5) is 5.95 Å². The summed E-state index contributed by atoms with van der Waals surface area (Å²) in [5.74, 6) is 0.441. The number of anilines is 1. The molecule has 2 aromatic heterocycles. The van der Waals surface area contributed by atoms with Gasteiger partial charge in [0, 0.05) is 17.8 Å². The van der Waals surface area contributed by atoms with Crippen LogP contribution in [0.15, 0.2) is 72.1 Å². The average Bonchev–Trinajstić information content (AvgIpc) is 3.10. The Kier molecular flexibility index (Phi) is 3.65. The second kappa shape index (κ2) is 6.25. The van der Waals surface area contributed by atoms with Gasteiger partial charge in [-0.25, -0.2) is 5.43 Å². The number of pyridine rings is 1. The van der Waals surface area contributed by atoms with E-state index in [0.29, 0.717) is 5.95 Å². The third-order valence-corrected chi connectivity index (χ3v) is 3.55. The Hall–Kier alpha value is -3.61. The number of hydrogen-bond acceptors (Lipinski definition) is 6. The Morgan fingerprint density at radius 3 is 2.71 bits per heavy atom. The van der Waals surface area contributed by atoms with Crippen LogP contribution in [0, 0.1) is 0 Å². The smallest absolute Gasteiger partial charge is 0.265 e. The molecule has 0 amide bonds. The van der Waals surface area contributed by atoms with Gasteiger partial charge in [-0.05, 0) is 39.6 Å². The van der Waals surface area contributed by atoms with Crippen molar-refractivity contribution in [2.75, 3.05) is 5.43 Å². The second-order valence-electron chi connectivity index (χ2n) is 5.06. The van der Waals surface area contributed by atoms with Gasteiger partial charge in [-0.1, -0.05) is 41.5 Å². The van der Waals surface area contributed by atoms with E-state index in [1.165, 1.54) is 0 Å². The maximum absolute atomic E-state index is 4.18. The van der Waals surface area contributed by atoms with Crippen molar-refractivity contribution in [1.82, 2.24) is 25.2 Å². The lowest BCUT2D eigenvalue weighted by Crippen LogP contribution is -2.04. The highest BCUT2D eigenvalue weighted by Crippen LogP contribution is 2.23. The van der Waals surface area contributed by atoms with Crippen molar-refractivity contribution in [3.05, 3.63) is 72.6 Å². The van der Waals surface area contributed by atoms with Gasteiger partial charge in [0.25, 0.3) is 5.95 Å². The van der Waals surface area contributed by atoms with E-state index in [0.717, 1.165) is 22.0 Å². The van der Waals surface area contributed by atoms with Gasteiger partial charge < -0.3 is 0 Å². The van der Waals surface area contributed by atoms with Crippen LogP contribution in [-0.2, 0) is 0 Å². The molecule has 4 rings (SSSR count). The molecule has 116 valence electrons. The molecule has 2 heterocycles. The Morgan fingerprint density at radius 2 is 1.79 bits per heavy atom. The third-order valence-electron chi connectivity index (χ3n) is 3.55. The summed E-state index contributed by atoms with van der Waals surface area (Å²) in [5, 5.41) is 18.2. The minimum Gasteiger partial charge on any atom is -0.265 e.